The Bertz CT molecular complexity index is 63.2. The van der Waals surface area contributed by atoms with Gasteiger partial charge in [0.1, 0.15) is 0 Å². The first-order chi connectivity index (χ1) is 2.89. The van der Waals surface area contributed by atoms with Crippen LogP contribution in [0.25, 0.3) is 0 Å². The summed E-state index contributed by atoms with van der Waals surface area (Å²) in [6.07, 6.45) is 0.971. The van der Waals surface area contributed by atoms with Crippen LogP contribution in [-0.2, 0) is 21.4 Å². The van der Waals surface area contributed by atoms with Crippen molar-refractivity contribution < 1.29 is 21.4 Å². The zero-order valence-corrected chi connectivity index (χ0v) is 4.24. The van der Waals surface area contributed by atoms with Crippen molar-refractivity contribution in [1.29, 1.82) is 0 Å². The first kappa shape index (κ1) is 4.41. The average Bonchev–Trinajstić information content (AvgIpc) is 1.86. The van der Waals surface area contributed by atoms with Crippen LogP contribution in [0.15, 0.2) is 0 Å². The molecule has 1 heterocycles. The molecule has 0 atom stereocenters. The third kappa shape index (κ3) is 0.856. The van der Waals surface area contributed by atoms with E-state index in [1.165, 1.54) is 0 Å². The Morgan fingerprint density at radius 1 is 1.67 bits per heavy atom. The van der Waals surface area contributed by atoms with E-state index in [-0.39, 0.29) is 0 Å². The van der Waals surface area contributed by atoms with E-state index >= 15 is 0 Å². The Balaban J connectivity index is 2.37. The zero-order chi connectivity index (χ0) is 4.41. The van der Waals surface area contributed by atoms with E-state index < -0.39 is 13.7 Å². The second-order valence-corrected chi connectivity index (χ2v) is 2.56. The van der Waals surface area contributed by atoms with Crippen LogP contribution in [0.2, 0.25) is 5.39 Å². The molecule has 6 heavy (non-hydrogen) atoms. The predicted molar refractivity (Wildman–Crippen MR) is 16.1 cm³/mol. The van der Waals surface area contributed by atoms with Crippen molar-refractivity contribution in [1.82, 2.24) is 0 Å². The van der Waals surface area contributed by atoms with Crippen molar-refractivity contribution in [3.63, 3.8) is 0 Å². The van der Waals surface area contributed by atoms with Crippen molar-refractivity contribution in [3.8, 4) is 0 Å². The summed E-state index contributed by atoms with van der Waals surface area (Å²) in [5.74, 6) is 0. The zero-order valence-electron chi connectivity index (χ0n) is 3.25. The first-order valence-corrected chi connectivity index (χ1v) is 3.28. The summed E-state index contributed by atoms with van der Waals surface area (Å²) in [5, 5.41) is 0.750. The fourth-order valence-electron chi connectivity index (χ4n) is 0.300. The van der Waals surface area contributed by atoms with Gasteiger partial charge < -0.3 is 0 Å². The summed E-state index contributed by atoms with van der Waals surface area (Å²) in [7, 11) is 0. The van der Waals surface area contributed by atoms with Gasteiger partial charge in [-0.1, -0.05) is 0 Å². The van der Waals surface area contributed by atoms with Gasteiger partial charge in [0, 0.05) is 0 Å². The summed E-state index contributed by atoms with van der Waals surface area (Å²) in [6.45, 7) is 0.693. The standard InChI is InChI=1S/C3H6O.Ni.O/c1-2-3-4;;/h1-3H2;;/q-1;+1;. The van der Waals surface area contributed by atoms with Crippen LogP contribution in [0, 0.1) is 0 Å². The van der Waals surface area contributed by atoms with Crippen LogP contribution < -0.4 is 0 Å². The molecule has 1 aliphatic heterocycles. The molecule has 0 aromatic rings. The summed E-state index contributed by atoms with van der Waals surface area (Å²) < 4.78 is 14.8. The van der Waals surface area contributed by atoms with Crippen molar-refractivity contribution in [2.24, 2.45) is 0 Å². The molecule has 0 saturated carbocycles. The Kier molecular flexibility index (Phi) is 1.33. The molecule has 0 spiro atoms. The number of hydrogen-bond acceptors (Lipinski definition) is 2. The Morgan fingerprint density at radius 3 is 2.67 bits per heavy atom. The van der Waals surface area contributed by atoms with Crippen molar-refractivity contribution >= 4 is 0 Å². The molecule has 1 rings (SSSR count). The molecule has 0 unspecified atom stereocenters. The second-order valence-electron chi connectivity index (χ2n) is 1.04. The van der Waals surface area contributed by atoms with Crippen LogP contribution >= 0.6 is 0 Å². The SMILES string of the molecule is [O]=[Ni]1[CH2]CC[O]1. The van der Waals surface area contributed by atoms with Gasteiger partial charge in [-0.2, -0.15) is 0 Å². The third-order valence-corrected chi connectivity index (χ3v) is 1.82. The van der Waals surface area contributed by atoms with Gasteiger partial charge in [0.15, 0.2) is 0 Å². The van der Waals surface area contributed by atoms with Crippen LogP contribution in [0.1, 0.15) is 6.42 Å². The van der Waals surface area contributed by atoms with Crippen LogP contribution in [0.4, 0.5) is 0 Å². The van der Waals surface area contributed by atoms with Crippen LogP contribution in [0.3, 0.4) is 0 Å². The monoisotopic (exact) mass is 132 g/mol. The first-order valence-electron chi connectivity index (χ1n) is 1.77. The van der Waals surface area contributed by atoms with Gasteiger partial charge >= 0.3 is 39.9 Å². The maximum atomic E-state index is 10.1. The number of hydrogen-bond donors (Lipinski definition) is 0. The fraction of sp³-hybridized carbons (Fsp3) is 1.00. The maximum absolute atomic E-state index is 10.1. The van der Waals surface area contributed by atoms with Gasteiger partial charge in [-0.05, 0) is 0 Å². The molecule has 0 amide bonds. The molecule has 0 aromatic heterocycles. The molecule has 3 heteroatoms. The molecular weight excluding hydrogens is 127 g/mol. The molecule has 1 saturated heterocycles. The van der Waals surface area contributed by atoms with E-state index in [4.69, 9.17) is 0 Å². The van der Waals surface area contributed by atoms with Crippen LogP contribution in [-0.4, -0.2) is 6.61 Å². The van der Waals surface area contributed by atoms with Gasteiger partial charge in [-0.3, -0.25) is 0 Å². The molecule has 0 bridgehead atoms. The van der Waals surface area contributed by atoms with Gasteiger partial charge in [0.05, 0.1) is 0 Å². The van der Waals surface area contributed by atoms with E-state index in [9.17, 15) is 3.90 Å². The summed E-state index contributed by atoms with van der Waals surface area (Å²) in [5.41, 5.74) is 0. The normalized spacial score (nSPS) is 28.3. The van der Waals surface area contributed by atoms with Gasteiger partial charge in [-0.25, -0.2) is 0 Å². The fourth-order valence-corrected chi connectivity index (χ4v) is 1.24. The van der Waals surface area contributed by atoms with Crippen molar-refractivity contribution in [2.45, 2.75) is 11.8 Å². The molecule has 0 radical (unpaired) electrons. The molecular formula is C3H6NiO2. The average molecular weight is 133 g/mol. The summed E-state index contributed by atoms with van der Waals surface area (Å²) in [6, 6.07) is 0. The third-order valence-electron chi connectivity index (χ3n) is 0.552. The summed E-state index contributed by atoms with van der Waals surface area (Å²) >= 11 is -1.03. The molecule has 0 aliphatic carbocycles. The van der Waals surface area contributed by atoms with Crippen molar-refractivity contribution in [2.75, 3.05) is 6.61 Å². The Hall–Kier alpha value is 0.254. The van der Waals surface area contributed by atoms with Crippen LogP contribution in [0.5, 0.6) is 0 Å². The molecule has 2 nitrogen and oxygen atoms in total. The van der Waals surface area contributed by atoms with Crippen molar-refractivity contribution in [3.05, 3.63) is 0 Å². The quantitative estimate of drug-likeness (QED) is 0.454. The number of rotatable bonds is 0. The van der Waals surface area contributed by atoms with E-state index in [0.717, 1.165) is 11.8 Å². The topological polar surface area (TPSA) is 26.3 Å². The molecule has 0 aromatic carbocycles. The van der Waals surface area contributed by atoms with Gasteiger partial charge in [0.2, 0.25) is 0 Å². The molecule has 0 N–H and O–H groups in total. The predicted octanol–water partition coefficient (Wildman–Crippen LogP) is 0.704. The van der Waals surface area contributed by atoms with E-state index in [2.05, 4.69) is 3.88 Å². The Labute approximate surface area is 40.6 Å². The van der Waals surface area contributed by atoms with Gasteiger partial charge in [0.25, 0.3) is 0 Å². The van der Waals surface area contributed by atoms with E-state index in [1.807, 2.05) is 0 Å². The van der Waals surface area contributed by atoms with Gasteiger partial charge in [-0.15, -0.1) is 0 Å². The minimum absolute atomic E-state index is 0.693. The van der Waals surface area contributed by atoms with E-state index in [1.54, 1.807) is 0 Å². The molecule has 40 valence electrons. The Morgan fingerprint density at radius 2 is 2.50 bits per heavy atom. The minimum atomic E-state index is -1.03. The second kappa shape index (κ2) is 1.81. The molecule has 1 fully saturated rings. The summed E-state index contributed by atoms with van der Waals surface area (Å²) in [4.78, 5) is 0. The molecule has 1 aliphatic rings. The van der Waals surface area contributed by atoms with E-state index in [0.29, 0.717) is 6.61 Å².